The van der Waals surface area contributed by atoms with E-state index in [1.807, 2.05) is 18.2 Å². The van der Waals surface area contributed by atoms with Crippen LogP contribution in [0, 0.1) is 0 Å². The molecular formula is C23H22N2O4. The summed E-state index contributed by atoms with van der Waals surface area (Å²) >= 11 is 0. The van der Waals surface area contributed by atoms with Crippen molar-refractivity contribution < 1.29 is 19.0 Å². The van der Waals surface area contributed by atoms with Gasteiger partial charge in [0.15, 0.2) is 11.5 Å². The lowest BCUT2D eigenvalue weighted by atomic mass is 10.1. The summed E-state index contributed by atoms with van der Waals surface area (Å²) in [4.78, 5) is 16.8. The third-order valence-electron chi connectivity index (χ3n) is 4.18. The fourth-order valence-electron chi connectivity index (χ4n) is 2.82. The Hall–Kier alpha value is -3.80. The number of methoxy groups -OCH3 is 2. The number of nitrogens with zero attached hydrogens (tertiary/aromatic N) is 1. The minimum atomic E-state index is -0.258. The summed E-state index contributed by atoms with van der Waals surface area (Å²) in [5.41, 5.74) is 2.16. The van der Waals surface area contributed by atoms with Gasteiger partial charge in [-0.1, -0.05) is 18.7 Å². The largest absolute Gasteiger partial charge is 0.494 e. The van der Waals surface area contributed by atoms with Gasteiger partial charge in [-0.2, -0.15) is 0 Å². The molecule has 6 heteroatoms. The summed E-state index contributed by atoms with van der Waals surface area (Å²) in [7, 11) is 3.16. The van der Waals surface area contributed by atoms with Gasteiger partial charge in [0, 0.05) is 17.7 Å². The molecule has 0 unspecified atom stereocenters. The number of amides is 1. The number of fused-ring (bicyclic) bond motifs is 1. The third-order valence-corrected chi connectivity index (χ3v) is 4.18. The first kappa shape index (κ1) is 19.9. The van der Waals surface area contributed by atoms with Gasteiger partial charge in [-0.25, -0.2) is 0 Å². The molecule has 0 fully saturated rings. The van der Waals surface area contributed by atoms with Crippen molar-refractivity contribution >= 4 is 28.6 Å². The number of hydrogen-bond acceptors (Lipinski definition) is 5. The summed E-state index contributed by atoms with van der Waals surface area (Å²) < 4.78 is 16.2. The lowest BCUT2D eigenvalue weighted by molar-refractivity contribution is -0.111. The van der Waals surface area contributed by atoms with Crippen molar-refractivity contribution in [1.29, 1.82) is 0 Å². The number of aromatic nitrogens is 1. The number of hydrogen-bond donors (Lipinski definition) is 1. The molecule has 1 heterocycles. The summed E-state index contributed by atoms with van der Waals surface area (Å²) in [6.45, 7) is 4.02. The average molecular weight is 390 g/mol. The highest BCUT2D eigenvalue weighted by Crippen LogP contribution is 2.30. The Labute approximate surface area is 169 Å². The van der Waals surface area contributed by atoms with Crippen LogP contribution in [0.15, 0.2) is 67.4 Å². The van der Waals surface area contributed by atoms with Crippen LogP contribution >= 0.6 is 0 Å². The van der Waals surface area contributed by atoms with Gasteiger partial charge < -0.3 is 19.5 Å². The van der Waals surface area contributed by atoms with Crippen molar-refractivity contribution in [3.63, 3.8) is 0 Å². The summed E-state index contributed by atoms with van der Waals surface area (Å²) in [5.74, 6) is 1.60. The maximum Gasteiger partial charge on any atom is 0.248 e. The summed E-state index contributed by atoms with van der Waals surface area (Å²) in [5, 5.41) is 3.69. The van der Waals surface area contributed by atoms with E-state index in [0.29, 0.717) is 35.1 Å². The Balaban J connectivity index is 1.77. The van der Waals surface area contributed by atoms with Gasteiger partial charge in [0.05, 0.1) is 19.9 Å². The molecule has 0 bridgehead atoms. The summed E-state index contributed by atoms with van der Waals surface area (Å²) in [6, 6.07) is 12.7. The molecule has 0 aliphatic carbocycles. The second-order valence-electron chi connectivity index (χ2n) is 6.05. The molecule has 0 saturated heterocycles. The van der Waals surface area contributed by atoms with Crippen LogP contribution in [0.25, 0.3) is 17.0 Å². The number of ether oxygens (including phenoxy) is 3. The fraction of sp³-hybridized carbons (Fsp3) is 0.130. The average Bonchev–Trinajstić information content (AvgIpc) is 2.76. The number of rotatable bonds is 8. The van der Waals surface area contributed by atoms with Crippen LogP contribution in [-0.2, 0) is 4.79 Å². The molecule has 1 amide bonds. The first-order chi connectivity index (χ1) is 14.2. The monoisotopic (exact) mass is 390 g/mol. The van der Waals surface area contributed by atoms with E-state index in [9.17, 15) is 4.79 Å². The number of carbonyl (C=O) groups is 1. The number of anilines is 1. The van der Waals surface area contributed by atoms with E-state index in [-0.39, 0.29) is 5.91 Å². The predicted molar refractivity (Wildman–Crippen MR) is 115 cm³/mol. The summed E-state index contributed by atoms with van der Waals surface area (Å²) in [6.07, 6.45) is 6.52. The Morgan fingerprint density at radius 3 is 2.66 bits per heavy atom. The topological polar surface area (TPSA) is 69.7 Å². The Bertz CT molecular complexity index is 1060. The number of benzene rings is 2. The molecule has 0 spiro atoms. The fourth-order valence-corrected chi connectivity index (χ4v) is 2.82. The molecule has 0 radical (unpaired) electrons. The van der Waals surface area contributed by atoms with E-state index < -0.39 is 0 Å². The first-order valence-electron chi connectivity index (χ1n) is 8.98. The number of nitrogens with one attached hydrogen (secondary N) is 1. The van der Waals surface area contributed by atoms with Crippen LogP contribution in [0.5, 0.6) is 17.2 Å². The molecule has 148 valence electrons. The molecule has 0 aliphatic rings. The van der Waals surface area contributed by atoms with E-state index in [0.717, 1.165) is 10.9 Å². The van der Waals surface area contributed by atoms with Gasteiger partial charge >= 0.3 is 0 Å². The van der Waals surface area contributed by atoms with Crippen molar-refractivity contribution in [1.82, 2.24) is 4.98 Å². The maximum atomic E-state index is 12.4. The van der Waals surface area contributed by atoms with Gasteiger partial charge in [-0.15, -0.1) is 0 Å². The molecule has 0 atom stereocenters. The lowest BCUT2D eigenvalue weighted by Gasteiger charge is -2.10. The molecular weight excluding hydrogens is 368 g/mol. The second-order valence-corrected chi connectivity index (χ2v) is 6.05. The molecule has 6 nitrogen and oxygen atoms in total. The number of pyridine rings is 1. The van der Waals surface area contributed by atoms with E-state index in [4.69, 9.17) is 14.2 Å². The molecule has 2 aromatic carbocycles. The van der Waals surface area contributed by atoms with Crippen molar-refractivity contribution in [2.24, 2.45) is 0 Å². The Morgan fingerprint density at radius 2 is 1.90 bits per heavy atom. The van der Waals surface area contributed by atoms with Crippen LogP contribution in [0.2, 0.25) is 0 Å². The van der Waals surface area contributed by atoms with Gasteiger partial charge in [-0.05, 0) is 48.0 Å². The Morgan fingerprint density at radius 1 is 1.10 bits per heavy atom. The lowest BCUT2D eigenvalue weighted by Crippen LogP contribution is -2.08. The van der Waals surface area contributed by atoms with Crippen molar-refractivity contribution in [2.45, 2.75) is 0 Å². The van der Waals surface area contributed by atoms with Gasteiger partial charge in [-0.3, -0.25) is 9.78 Å². The van der Waals surface area contributed by atoms with Crippen LogP contribution in [-0.4, -0.2) is 31.7 Å². The first-order valence-corrected chi connectivity index (χ1v) is 8.98. The van der Waals surface area contributed by atoms with Crippen LogP contribution in [0.1, 0.15) is 5.56 Å². The molecule has 29 heavy (non-hydrogen) atoms. The Kier molecular flexibility index (Phi) is 6.47. The molecule has 1 aromatic heterocycles. The van der Waals surface area contributed by atoms with Crippen molar-refractivity contribution in [3.05, 3.63) is 73.0 Å². The zero-order valence-corrected chi connectivity index (χ0v) is 16.3. The van der Waals surface area contributed by atoms with E-state index in [1.54, 1.807) is 56.8 Å². The van der Waals surface area contributed by atoms with Crippen LogP contribution in [0.3, 0.4) is 0 Å². The molecule has 0 aliphatic heterocycles. The minimum absolute atomic E-state index is 0.258. The SMILES string of the molecule is C=CCOc1ccc(/C=C/C(=O)Nc2ccc(OC)c3ncccc23)cc1OC. The quantitative estimate of drug-likeness (QED) is 0.454. The van der Waals surface area contributed by atoms with Gasteiger partial charge in [0.2, 0.25) is 5.91 Å². The predicted octanol–water partition coefficient (Wildman–Crippen LogP) is 4.47. The van der Waals surface area contributed by atoms with E-state index in [1.165, 1.54) is 6.08 Å². The zero-order chi connectivity index (χ0) is 20.6. The zero-order valence-electron chi connectivity index (χ0n) is 16.3. The van der Waals surface area contributed by atoms with Crippen LogP contribution < -0.4 is 19.5 Å². The highest BCUT2D eigenvalue weighted by molar-refractivity contribution is 6.07. The molecule has 0 saturated carbocycles. The molecule has 3 aromatic rings. The minimum Gasteiger partial charge on any atom is -0.494 e. The molecule has 1 N–H and O–H groups in total. The van der Waals surface area contributed by atoms with E-state index >= 15 is 0 Å². The highest BCUT2D eigenvalue weighted by atomic mass is 16.5. The van der Waals surface area contributed by atoms with E-state index in [2.05, 4.69) is 16.9 Å². The highest BCUT2D eigenvalue weighted by Gasteiger charge is 2.09. The number of carbonyl (C=O) groups excluding carboxylic acids is 1. The molecule has 3 rings (SSSR count). The third kappa shape index (κ3) is 4.73. The standard InChI is InChI=1S/C23H22N2O4/c1-4-14-29-19-10-7-16(15-21(19)28-3)8-12-22(26)25-18-9-11-20(27-2)23-17(18)6-5-13-24-23/h4-13,15H,1,14H2,2-3H3,(H,25,26)/b12-8+. The van der Waals surface area contributed by atoms with Crippen molar-refractivity contribution in [2.75, 3.05) is 26.1 Å². The maximum absolute atomic E-state index is 12.4. The smallest absolute Gasteiger partial charge is 0.248 e. The van der Waals surface area contributed by atoms with Gasteiger partial charge in [0.25, 0.3) is 0 Å². The second kappa shape index (κ2) is 9.41. The van der Waals surface area contributed by atoms with Gasteiger partial charge in [0.1, 0.15) is 17.9 Å². The van der Waals surface area contributed by atoms with Crippen LogP contribution in [0.4, 0.5) is 5.69 Å². The normalized spacial score (nSPS) is 10.7. The van der Waals surface area contributed by atoms with Crippen molar-refractivity contribution in [3.8, 4) is 17.2 Å².